The van der Waals surface area contributed by atoms with E-state index in [1.54, 1.807) is 11.1 Å². The number of nitrogens with zero attached hydrogens (tertiary/aromatic N) is 2. The van der Waals surface area contributed by atoms with Crippen LogP contribution in [-0.2, 0) is 4.74 Å². The van der Waals surface area contributed by atoms with Crippen molar-refractivity contribution in [2.24, 2.45) is 10.7 Å². The van der Waals surface area contributed by atoms with E-state index < -0.39 is 0 Å². The van der Waals surface area contributed by atoms with Gasteiger partial charge in [-0.15, -0.1) is 0 Å². The Hall–Kier alpha value is -1.36. The highest BCUT2D eigenvalue weighted by Crippen LogP contribution is 2.19. The normalized spacial score (nSPS) is 24.6. The molecule has 0 saturated carbocycles. The Bertz CT molecular complexity index is 325. The van der Waals surface area contributed by atoms with E-state index in [0.717, 1.165) is 31.5 Å². The van der Waals surface area contributed by atoms with E-state index in [1.165, 1.54) is 0 Å². The molecule has 0 aromatic rings. The zero-order valence-corrected chi connectivity index (χ0v) is 9.26. The van der Waals surface area contributed by atoms with Crippen molar-refractivity contribution in [2.75, 3.05) is 13.1 Å². The van der Waals surface area contributed by atoms with E-state index in [4.69, 9.17) is 10.5 Å². The summed E-state index contributed by atoms with van der Waals surface area (Å²) in [6.45, 7) is 1.25. The van der Waals surface area contributed by atoms with Crippen LogP contribution in [0.4, 0.5) is 4.79 Å². The molecule has 2 aliphatic rings. The predicted molar refractivity (Wildman–Crippen MR) is 61.1 cm³/mol. The van der Waals surface area contributed by atoms with Crippen LogP contribution in [-0.4, -0.2) is 36.0 Å². The number of carbonyl (C=O) groups is 1. The number of nitrogens with two attached hydrogens (primary N) is 1. The Morgan fingerprint density at radius 1 is 1.62 bits per heavy atom. The molecule has 0 aromatic heterocycles. The van der Waals surface area contributed by atoms with Gasteiger partial charge in [0.2, 0.25) is 0 Å². The Labute approximate surface area is 95.0 Å². The summed E-state index contributed by atoms with van der Waals surface area (Å²) in [5.74, 6) is 0.822. The molecule has 0 bridgehead atoms. The number of amidine groups is 1. The lowest BCUT2D eigenvalue weighted by Gasteiger charge is -2.16. The molecule has 5 nitrogen and oxygen atoms in total. The average Bonchev–Trinajstić information content (AvgIpc) is 2.69. The van der Waals surface area contributed by atoms with Gasteiger partial charge in [0.25, 0.3) is 0 Å². The first kappa shape index (κ1) is 11.1. The van der Waals surface area contributed by atoms with Gasteiger partial charge in [0.15, 0.2) is 0 Å². The molecule has 0 radical (unpaired) electrons. The van der Waals surface area contributed by atoms with Gasteiger partial charge in [0, 0.05) is 12.6 Å². The molecule has 0 unspecified atom stereocenters. The molecule has 1 amide bonds. The van der Waals surface area contributed by atoms with Gasteiger partial charge in [-0.1, -0.05) is 6.08 Å². The second-order valence-electron chi connectivity index (χ2n) is 4.02. The molecule has 2 aliphatic heterocycles. The maximum atomic E-state index is 11.6. The Kier molecular flexibility index (Phi) is 3.56. The zero-order valence-electron chi connectivity index (χ0n) is 9.26. The molecule has 0 aliphatic carbocycles. The standard InChI is InChI=1S/C11H17N3O2/c12-6-3-4-9-8-14(11(15)16-9)10-5-1-2-7-13-10/h2,7,9H,1,3-6,8,12H2/t9-/m0/s1. The van der Waals surface area contributed by atoms with Crippen LogP contribution in [0, 0.1) is 0 Å². The van der Waals surface area contributed by atoms with Crippen LogP contribution in [0.5, 0.6) is 0 Å². The van der Waals surface area contributed by atoms with Gasteiger partial charge in [-0.25, -0.2) is 9.79 Å². The number of hydrogen-bond acceptors (Lipinski definition) is 4. The summed E-state index contributed by atoms with van der Waals surface area (Å²) in [6, 6.07) is 0. The molecule has 0 aromatic carbocycles. The highest BCUT2D eigenvalue weighted by Gasteiger charge is 2.33. The van der Waals surface area contributed by atoms with E-state index >= 15 is 0 Å². The summed E-state index contributed by atoms with van der Waals surface area (Å²) >= 11 is 0. The fraction of sp³-hybridized carbons (Fsp3) is 0.636. The molecule has 1 saturated heterocycles. The van der Waals surface area contributed by atoms with Gasteiger partial charge in [0.1, 0.15) is 11.9 Å². The number of aliphatic imine (C=N–C) groups is 1. The molecule has 1 fully saturated rings. The Morgan fingerprint density at radius 3 is 3.19 bits per heavy atom. The fourth-order valence-electron chi connectivity index (χ4n) is 1.92. The highest BCUT2D eigenvalue weighted by atomic mass is 16.6. The molecular formula is C11H17N3O2. The highest BCUT2D eigenvalue weighted by molar-refractivity contribution is 5.97. The smallest absolute Gasteiger partial charge is 0.415 e. The van der Waals surface area contributed by atoms with Crippen LogP contribution >= 0.6 is 0 Å². The number of carbonyl (C=O) groups excluding carboxylic acids is 1. The second-order valence-corrected chi connectivity index (χ2v) is 4.02. The van der Waals surface area contributed by atoms with Crippen molar-refractivity contribution < 1.29 is 9.53 Å². The Morgan fingerprint density at radius 2 is 2.50 bits per heavy atom. The SMILES string of the molecule is NCCC[C@H]1CN(C2=NC=CCC2)C(=O)O1. The summed E-state index contributed by atoms with van der Waals surface area (Å²) in [5.41, 5.74) is 5.43. The van der Waals surface area contributed by atoms with Gasteiger partial charge in [0.05, 0.1) is 6.54 Å². The first-order chi connectivity index (χ1) is 7.81. The van der Waals surface area contributed by atoms with E-state index in [1.807, 2.05) is 6.08 Å². The minimum absolute atomic E-state index is 0.0235. The molecule has 5 heteroatoms. The molecule has 2 N–H and O–H groups in total. The average molecular weight is 223 g/mol. The van der Waals surface area contributed by atoms with Crippen LogP contribution in [0.2, 0.25) is 0 Å². The maximum absolute atomic E-state index is 11.6. The molecular weight excluding hydrogens is 206 g/mol. The van der Waals surface area contributed by atoms with Crippen molar-refractivity contribution in [3.63, 3.8) is 0 Å². The summed E-state index contributed by atoms with van der Waals surface area (Å²) in [4.78, 5) is 17.5. The summed E-state index contributed by atoms with van der Waals surface area (Å²) in [6.07, 6.45) is 6.93. The van der Waals surface area contributed by atoms with Crippen molar-refractivity contribution in [2.45, 2.75) is 31.8 Å². The van der Waals surface area contributed by atoms with Crippen LogP contribution in [0.25, 0.3) is 0 Å². The first-order valence-electron chi connectivity index (χ1n) is 5.71. The van der Waals surface area contributed by atoms with Gasteiger partial charge < -0.3 is 10.5 Å². The second kappa shape index (κ2) is 5.12. The third kappa shape index (κ3) is 2.41. The molecule has 2 heterocycles. The number of rotatable bonds is 3. The van der Waals surface area contributed by atoms with Gasteiger partial charge in [-0.2, -0.15) is 0 Å². The zero-order chi connectivity index (χ0) is 11.4. The number of ether oxygens (including phenoxy) is 1. The monoisotopic (exact) mass is 223 g/mol. The van der Waals surface area contributed by atoms with Crippen molar-refractivity contribution in [3.05, 3.63) is 12.3 Å². The van der Waals surface area contributed by atoms with Crippen molar-refractivity contribution in [1.29, 1.82) is 0 Å². The lowest BCUT2D eigenvalue weighted by atomic mass is 10.2. The van der Waals surface area contributed by atoms with Crippen molar-refractivity contribution >= 4 is 11.9 Å². The summed E-state index contributed by atoms with van der Waals surface area (Å²) in [5, 5.41) is 0. The van der Waals surface area contributed by atoms with Gasteiger partial charge >= 0.3 is 6.09 Å². The van der Waals surface area contributed by atoms with Crippen molar-refractivity contribution in [1.82, 2.24) is 4.90 Å². The number of allylic oxidation sites excluding steroid dienone is 1. The van der Waals surface area contributed by atoms with E-state index in [0.29, 0.717) is 13.1 Å². The number of cyclic esters (lactones) is 1. The third-order valence-electron chi connectivity index (χ3n) is 2.78. The topological polar surface area (TPSA) is 67.9 Å². The maximum Gasteiger partial charge on any atom is 0.415 e. The largest absolute Gasteiger partial charge is 0.444 e. The van der Waals surface area contributed by atoms with E-state index in [-0.39, 0.29) is 12.2 Å². The first-order valence-corrected chi connectivity index (χ1v) is 5.71. The minimum Gasteiger partial charge on any atom is -0.444 e. The quantitative estimate of drug-likeness (QED) is 0.783. The van der Waals surface area contributed by atoms with Gasteiger partial charge in [-0.05, 0) is 25.8 Å². The lowest BCUT2D eigenvalue weighted by molar-refractivity contribution is 0.131. The number of amides is 1. The van der Waals surface area contributed by atoms with Crippen LogP contribution in [0.3, 0.4) is 0 Å². The fourth-order valence-corrected chi connectivity index (χ4v) is 1.92. The number of hydrogen-bond donors (Lipinski definition) is 1. The summed E-state index contributed by atoms with van der Waals surface area (Å²) in [7, 11) is 0. The molecule has 88 valence electrons. The molecule has 2 rings (SSSR count). The third-order valence-corrected chi connectivity index (χ3v) is 2.78. The van der Waals surface area contributed by atoms with E-state index in [9.17, 15) is 4.79 Å². The molecule has 1 atom stereocenters. The molecule has 16 heavy (non-hydrogen) atoms. The van der Waals surface area contributed by atoms with Crippen LogP contribution in [0.15, 0.2) is 17.3 Å². The summed E-state index contributed by atoms with van der Waals surface area (Å²) < 4.78 is 5.26. The van der Waals surface area contributed by atoms with Gasteiger partial charge in [-0.3, -0.25) is 4.90 Å². The van der Waals surface area contributed by atoms with Crippen LogP contribution < -0.4 is 5.73 Å². The minimum atomic E-state index is -0.268. The van der Waals surface area contributed by atoms with Crippen molar-refractivity contribution in [3.8, 4) is 0 Å². The van der Waals surface area contributed by atoms with Crippen LogP contribution in [0.1, 0.15) is 25.7 Å². The molecule has 0 spiro atoms. The Balaban J connectivity index is 1.94. The predicted octanol–water partition coefficient (Wildman–Crippen LogP) is 1.25. The van der Waals surface area contributed by atoms with E-state index in [2.05, 4.69) is 4.99 Å². The lowest BCUT2D eigenvalue weighted by Crippen LogP contribution is -2.32.